The van der Waals surface area contributed by atoms with E-state index in [-0.39, 0.29) is 33.8 Å². The fourth-order valence-corrected chi connectivity index (χ4v) is 4.58. The van der Waals surface area contributed by atoms with Crippen LogP contribution in [0.1, 0.15) is 22.8 Å². The number of aryl methyl sites for hydroxylation is 3. The summed E-state index contributed by atoms with van der Waals surface area (Å²) in [5.41, 5.74) is -0.229. The van der Waals surface area contributed by atoms with E-state index in [1.165, 1.54) is 20.2 Å². The van der Waals surface area contributed by atoms with Crippen LogP contribution in [-0.2, 0) is 33.5 Å². The first-order chi connectivity index (χ1) is 15.5. The number of ether oxygens (including phenoxy) is 1. The van der Waals surface area contributed by atoms with Gasteiger partial charge in [-0.2, -0.15) is 0 Å². The van der Waals surface area contributed by atoms with Gasteiger partial charge in [-0.05, 0) is 38.1 Å². The summed E-state index contributed by atoms with van der Waals surface area (Å²) < 4.78 is 33.0. The zero-order chi connectivity index (χ0) is 24.5. The summed E-state index contributed by atoms with van der Waals surface area (Å²) >= 11 is 0. The molecule has 0 radical (unpaired) electrons. The van der Waals surface area contributed by atoms with Crippen molar-refractivity contribution in [3.63, 3.8) is 0 Å². The Morgan fingerprint density at radius 3 is 2.06 bits per heavy atom. The highest BCUT2D eigenvalue weighted by Crippen LogP contribution is 2.28. The molecule has 0 saturated heterocycles. The number of anilines is 1. The summed E-state index contributed by atoms with van der Waals surface area (Å²) in [6, 6.07) is 9.08. The number of nitrogens with one attached hydrogen (secondary N) is 1. The SMILES string of the molecule is CCOC(=O)CS(=O)(=O)c1cc2c(cc1NC(=O)c1ccc(C)cc1)n(C)c(=O)c(=O)n2C. The second kappa shape index (κ2) is 9.02. The Labute approximate surface area is 189 Å². The van der Waals surface area contributed by atoms with Gasteiger partial charge in [0.1, 0.15) is 0 Å². The van der Waals surface area contributed by atoms with E-state index in [0.717, 1.165) is 20.8 Å². The van der Waals surface area contributed by atoms with Crippen LogP contribution in [0, 0.1) is 6.92 Å². The van der Waals surface area contributed by atoms with Gasteiger partial charge in [-0.3, -0.25) is 19.2 Å². The van der Waals surface area contributed by atoms with Crippen LogP contribution in [-0.4, -0.2) is 41.8 Å². The normalized spacial score (nSPS) is 11.4. The Kier molecular flexibility index (Phi) is 6.54. The minimum absolute atomic E-state index is 0.000294. The second-order valence-corrected chi connectivity index (χ2v) is 9.41. The molecule has 33 heavy (non-hydrogen) atoms. The van der Waals surface area contributed by atoms with Crippen molar-refractivity contribution in [2.24, 2.45) is 14.1 Å². The van der Waals surface area contributed by atoms with Gasteiger partial charge in [0, 0.05) is 19.7 Å². The molecule has 174 valence electrons. The second-order valence-electron chi connectivity index (χ2n) is 7.45. The highest BCUT2D eigenvalue weighted by atomic mass is 32.2. The minimum atomic E-state index is -4.28. The predicted molar refractivity (Wildman–Crippen MR) is 122 cm³/mol. The molecule has 10 nitrogen and oxygen atoms in total. The van der Waals surface area contributed by atoms with Gasteiger partial charge in [-0.1, -0.05) is 17.7 Å². The molecular weight excluding hydrogens is 450 g/mol. The quantitative estimate of drug-likeness (QED) is 0.419. The van der Waals surface area contributed by atoms with Crippen molar-refractivity contribution < 1.29 is 22.7 Å². The lowest BCUT2D eigenvalue weighted by atomic mass is 10.1. The maximum absolute atomic E-state index is 13.1. The lowest BCUT2D eigenvalue weighted by molar-refractivity contribution is -0.139. The topological polar surface area (TPSA) is 134 Å². The van der Waals surface area contributed by atoms with Gasteiger partial charge in [0.05, 0.1) is 28.2 Å². The summed E-state index contributed by atoms with van der Waals surface area (Å²) in [6.45, 7) is 3.40. The Morgan fingerprint density at radius 2 is 1.52 bits per heavy atom. The van der Waals surface area contributed by atoms with Crippen molar-refractivity contribution >= 4 is 38.4 Å². The van der Waals surface area contributed by atoms with Gasteiger partial charge < -0.3 is 19.2 Å². The summed E-state index contributed by atoms with van der Waals surface area (Å²) in [7, 11) is -1.59. The van der Waals surface area contributed by atoms with Crippen LogP contribution in [0.4, 0.5) is 5.69 Å². The van der Waals surface area contributed by atoms with Gasteiger partial charge in [0.15, 0.2) is 15.6 Å². The molecule has 0 fully saturated rings. The van der Waals surface area contributed by atoms with E-state index in [9.17, 15) is 27.6 Å². The van der Waals surface area contributed by atoms with E-state index in [2.05, 4.69) is 5.32 Å². The minimum Gasteiger partial charge on any atom is -0.465 e. The average molecular weight is 474 g/mol. The fourth-order valence-electron chi connectivity index (χ4n) is 3.29. The highest BCUT2D eigenvalue weighted by Gasteiger charge is 2.26. The molecule has 0 aliphatic rings. The number of carbonyl (C=O) groups is 2. The molecule has 0 aliphatic carbocycles. The first-order valence-corrected chi connectivity index (χ1v) is 11.6. The predicted octanol–water partition coefficient (Wildman–Crippen LogP) is 1.13. The number of rotatable bonds is 6. The van der Waals surface area contributed by atoms with Gasteiger partial charge >= 0.3 is 17.1 Å². The van der Waals surface area contributed by atoms with Crippen molar-refractivity contribution in [2.75, 3.05) is 17.7 Å². The van der Waals surface area contributed by atoms with Crippen LogP contribution in [0.2, 0.25) is 0 Å². The maximum Gasteiger partial charge on any atom is 0.321 e. The first-order valence-electron chi connectivity index (χ1n) is 9.96. The van der Waals surface area contributed by atoms with Crippen LogP contribution < -0.4 is 16.4 Å². The number of hydrogen-bond donors (Lipinski definition) is 1. The van der Waals surface area contributed by atoms with Crippen molar-refractivity contribution in [1.29, 1.82) is 0 Å². The number of amides is 1. The van der Waals surface area contributed by atoms with Crippen molar-refractivity contribution in [3.8, 4) is 0 Å². The molecule has 3 aromatic rings. The molecule has 1 heterocycles. The summed E-state index contributed by atoms with van der Waals surface area (Å²) in [5, 5.41) is 2.56. The third-order valence-corrected chi connectivity index (χ3v) is 6.73. The summed E-state index contributed by atoms with van der Waals surface area (Å²) in [4.78, 5) is 48.8. The molecule has 0 aliphatic heterocycles. The molecular formula is C22H23N3O7S. The summed E-state index contributed by atoms with van der Waals surface area (Å²) in [5.74, 6) is -2.50. The van der Waals surface area contributed by atoms with Crippen molar-refractivity contribution in [3.05, 3.63) is 68.2 Å². The monoisotopic (exact) mass is 473 g/mol. The van der Waals surface area contributed by atoms with Gasteiger partial charge in [-0.15, -0.1) is 0 Å². The average Bonchev–Trinajstić information content (AvgIpc) is 2.76. The third-order valence-electron chi connectivity index (χ3n) is 5.10. The molecule has 0 saturated carbocycles. The molecule has 1 N–H and O–H groups in total. The molecule has 3 rings (SSSR count). The zero-order valence-electron chi connectivity index (χ0n) is 18.5. The Balaban J connectivity index is 2.24. The maximum atomic E-state index is 13.1. The van der Waals surface area contributed by atoms with E-state index in [4.69, 9.17) is 4.74 Å². The molecule has 1 aromatic heterocycles. The highest BCUT2D eigenvalue weighted by molar-refractivity contribution is 7.92. The van der Waals surface area contributed by atoms with Crippen molar-refractivity contribution in [1.82, 2.24) is 9.13 Å². The number of hydrogen-bond acceptors (Lipinski definition) is 7. The van der Waals surface area contributed by atoms with E-state index < -0.39 is 38.6 Å². The number of fused-ring (bicyclic) bond motifs is 1. The molecule has 0 atom stereocenters. The molecule has 1 amide bonds. The van der Waals surface area contributed by atoms with Gasteiger partial charge in [0.25, 0.3) is 5.91 Å². The van der Waals surface area contributed by atoms with Crippen LogP contribution >= 0.6 is 0 Å². The molecule has 2 aromatic carbocycles. The molecule has 0 unspecified atom stereocenters. The number of esters is 1. The standard InChI is InChI=1S/C22H23N3O7S/c1-5-32-19(26)12-33(30,31)18-11-17-16(24(3)21(28)22(29)25(17)4)10-15(18)23-20(27)14-8-6-13(2)7-9-14/h6-11H,5,12H2,1-4H3,(H,23,27). The number of aromatic nitrogens is 2. The first kappa shape index (κ1) is 23.9. The molecule has 0 bridgehead atoms. The third kappa shape index (κ3) is 4.72. The van der Waals surface area contributed by atoms with E-state index in [0.29, 0.717) is 0 Å². The fraction of sp³-hybridized carbons (Fsp3) is 0.273. The Morgan fingerprint density at radius 1 is 0.970 bits per heavy atom. The van der Waals surface area contributed by atoms with E-state index in [1.807, 2.05) is 6.92 Å². The van der Waals surface area contributed by atoms with Crippen molar-refractivity contribution in [2.45, 2.75) is 18.7 Å². The lowest BCUT2D eigenvalue weighted by Crippen LogP contribution is -2.39. The smallest absolute Gasteiger partial charge is 0.321 e. The Hall–Kier alpha value is -3.73. The van der Waals surface area contributed by atoms with Crippen LogP contribution in [0.5, 0.6) is 0 Å². The number of nitrogens with zero attached hydrogens (tertiary/aromatic N) is 2. The lowest BCUT2D eigenvalue weighted by Gasteiger charge is -2.16. The summed E-state index contributed by atoms with van der Waals surface area (Å²) in [6.07, 6.45) is 0. The zero-order valence-corrected chi connectivity index (χ0v) is 19.4. The van der Waals surface area contributed by atoms with E-state index in [1.54, 1.807) is 31.2 Å². The van der Waals surface area contributed by atoms with Gasteiger partial charge in [0.2, 0.25) is 0 Å². The Bertz CT molecular complexity index is 1480. The van der Waals surface area contributed by atoms with Crippen LogP contribution in [0.25, 0.3) is 11.0 Å². The largest absolute Gasteiger partial charge is 0.465 e. The van der Waals surface area contributed by atoms with Crippen LogP contribution in [0.3, 0.4) is 0 Å². The van der Waals surface area contributed by atoms with E-state index >= 15 is 0 Å². The van der Waals surface area contributed by atoms with Gasteiger partial charge in [-0.25, -0.2) is 8.42 Å². The number of sulfone groups is 1. The number of benzene rings is 2. The molecule has 11 heteroatoms. The molecule has 0 spiro atoms. The van der Waals surface area contributed by atoms with Crippen LogP contribution in [0.15, 0.2) is 50.9 Å². The number of carbonyl (C=O) groups excluding carboxylic acids is 2.